The second kappa shape index (κ2) is 8.31. The van der Waals surface area contributed by atoms with Gasteiger partial charge in [-0.05, 0) is 25.8 Å². The molecular weight excluding hydrogens is 150 g/mol. The zero-order chi connectivity index (χ0) is 9.23. The molecule has 0 radical (unpaired) electrons. The van der Waals surface area contributed by atoms with Crippen molar-refractivity contribution in [1.82, 2.24) is 0 Å². The largest absolute Gasteiger partial charge is 0.399 e. The van der Waals surface area contributed by atoms with Gasteiger partial charge >= 0.3 is 0 Å². The van der Waals surface area contributed by atoms with Gasteiger partial charge in [0.05, 0.1) is 5.71 Å². The zero-order valence-corrected chi connectivity index (χ0v) is 8.34. The van der Waals surface area contributed by atoms with E-state index in [0.717, 1.165) is 12.1 Å². The Morgan fingerprint density at radius 3 is 2.75 bits per heavy atom. The number of hydrogen-bond donors (Lipinski definition) is 0. The molecule has 70 valence electrons. The maximum atomic E-state index is 4.62. The lowest BCUT2D eigenvalue weighted by atomic mass is 10.2. The van der Waals surface area contributed by atoms with Crippen molar-refractivity contribution in [3.63, 3.8) is 0 Å². The molecule has 0 aromatic heterocycles. The molecule has 0 aliphatic carbocycles. The van der Waals surface area contributed by atoms with Gasteiger partial charge in [-0.3, -0.25) is 0 Å². The molecular formula is C10H19NO. The van der Waals surface area contributed by atoms with Crippen LogP contribution in [0.1, 0.15) is 39.5 Å². The monoisotopic (exact) mass is 169 g/mol. The summed E-state index contributed by atoms with van der Waals surface area (Å²) >= 11 is 0. The van der Waals surface area contributed by atoms with Crippen molar-refractivity contribution in [2.75, 3.05) is 7.11 Å². The van der Waals surface area contributed by atoms with Crippen LogP contribution in [0, 0.1) is 0 Å². The highest BCUT2D eigenvalue weighted by atomic mass is 16.6. The van der Waals surface area contributed by atoms with E-state index in [0.29, 0.717) is 0 Å². The Labute approximate surface area is 75.3 Å². The molecule has 0 amide bonds. The summed E-state index contributed by atoms with van der Waals surface area (Å²) in [7, 11) is 1.56. The second-order valence-electron chi connectivity index (χ2n) is 2.81. The molecule has 2 nitrogen and oxygen atoms in total. The Bertz CT molecular complexity index is 150. The summed E-state index contributed by atoms with van der Waals surface area (Å²) in [5.74, 6) is 0. The van der Waals surface area contributed by atoms with Crippen LogP contribution in [0.15, 0.2) is 17.3 Å². The summed E-state index contributed by atoms with van der Waals surface area (Å²) in [6, 6.07) is 0. The molecule has 0 heterocycles. The van der Waals surface area contributed by atoms with Crippen molar-refractivity contribution in [3.05, 3.63) is 12.2 Å². The smallest absolute Gasteiger partial charge is 0.106 e. The molecule has 0 aliphatic heterocycles. The number of allylic oxidation sites excluding steroid dienone is 2. The van der Waals surface area contributed by atoms with Gasteiger partial charge in [0.25, 0.3) is 0 Å². The fourth-order valence-electron chi connectivity index (χ4n) is 0.940. The number of hydrogen-bond acceptors (Lipinski definition) is 2. The highest BCUT2D eigenvalue weighted by Gasteiger charge is 1.84. The van der Waals surface area contributed by atoms with Gasteiger partial charge in [0.15, 0.2) is 0 Å². The lowest BCUT2D eigenvalue weighted by Crippen LogP contribution is -1.84. The maximum absolute atomic E-state index is 4.62. The highest BCUT2D eigenvalue weighted by molar-refractivity contribution is 5.92. The number of nitrogens with zero attached hydrogens (tertiary/aromatic N) is 1. The van der Waals surface area contributed by atoms with E-state index in [1.54, 1.807) is 7.11 Å². The van der Waals surface area contributed by atoms with Crippen LogP contribution in [-0.2, 0) is 4.84 Å². The molecule has 0 atom stereocenters. The van der Waals surface area contributed by atoms with Crippen molar-refractivity contribution in [2.45, 2.75) is 39.5 Å². The van der Waals surface area contributed by atoms with E-state index in [1.165, 1.54) is 19.3 Å². The second-order valence-corrected chi connectivity index (χ2v) is 2.81. The van der Waals surface area contributed by atoms with Crippen LogP contribution in [-0.4, -0.2) is 12.8 Å². The predicted molar refractivity (Wildman–Crippen MR) is 53.4 cm³/mol. The maximum Gasteiger partial charge on any atom is 0.106 e. The van der Waals surface area contributed by atoms with Crippen LogP contribution < -0.4 is 0 Å². The van der Waals surface area contributed by atoms with Crippen molar-refractivity contribution in [3.8, 4) is 0 Å². The van der Waals surface area contributed by atoms with Gasteiger partial charge in [0.1, 0.15) is 7.11 Å². The average molecular weight is 169 g/mol. The third kappa shape index (κ3) is 7.32. The Hall–Kier alpha value is -0.790. The van der Waals surface area contributed by atoms with E-state index in [2.05, 4.69) is 23.0 Å². The molecule has 0 spiro atoms. The van der Waals surface area contributed by atoms with Crippen LogP contribution >= 0.6 is 0 Å². The number of unbranched alkanes of at least 4 members (excludes halogenated alkanes) is 3. The average Bonchev–Trinajstić information content (AvgIpc) is 2.05. The van der Waals surface area contributed by atoms with E-state index in [1.807, 2.05) is 13.0 Å². The van der Waals surface area contributed by atoms with Crippen molar-refractivity contribution >= 4 is 5.71 Å². The van der Waals surface area contributed by atoms with E-state index in [4.69, 9.17) is 0 Å². The minimum atomic E-state index is 0.925. The highest BCUT2D eigenvalue weighted by Crippen LogP contribution is 1.99. The summed E-state index contributed by atoms with van der Waals surface area (Å²) in [5.41, 5.74) is 0.925. The molecule has 0 unspecified atom stereocenters. The standard InChI is InChI=1S/C10H19NO/c1-4-5-6-7-8-9-10(2)11-12-3/h8-9H,4-7H2,1-3H3. The normalized spacial score (nSPS) is 12.4. The van der Waals surface area contributed by atoms with Crippen LogP contribution in [0.25, 0.3) is 0 Å². The molecule has 0 aromatic carbocycles. The van der Waals surface area contributed by atoms with Crippen LogP contribution in [0.4, 0.5) is 0 Å². The molecule has 12 heavy (non-hydrogen) atoms. The van der Waals surface area contributed by atoms with E-state index >= 15 is 0 Å². The Morgan fingerprint density at radius 2 is 2.17 bits per heavy atom. The van der Waals surface area contributed by atoms with Crippen molar-refractivity contribution in [1.29, 1.82) is 0 Å². The molecule has 0 aliphatic rings. The first-order chi connectivity index (χ1) is 5.81. The predicted octanol–water partition coefficient (Wildman–Crippen LogP) is 3.15. The first kappa shape index (κ1) is 11.2. The van der Waals surface area contributed by atoms with E-state index in [-0.39, 0.29) is 0 Å². The molecule has 0 saturated heterocycles. The molecule has 0 aromatic rings. The van der Waals surface area contributed by atoms with Gasteiger partial charge in [-0.1, -0.05) is 31.0 Å². The van der Waals surface area contributed by atoms with Gasteiger partial charge in [-0.2, -0.15) is 0 Å². The minimum absolute atomic E-state index is 0.925. The SMILES string of the molecule is CCCCCC=CC(C)=NOC. The van der Waals surface area contributed by atoms with Gasteiger partial charge in [-0.15, -0.1) is 0 Å². The van der Waals surface area contributed by atoms with Gasteiger partial charge in [0.2, 0.25) is 0 Å². The topological polar surface area (TPSA) is 21.6 Å². The Kier molecular flexibility index (Phi) is 7.76. The molecule has 0 bridgehead atoms. The van der Waals surface area contributed by atoms with Crippen molar-refractivity contribution in [2.24, 2.45) is 5.16 Å². The lowest BCUT2D eigenvalue weighted by molar-refractivity contribution is 0.213. The van der Waals surface area contributed by atoms with Crippen LogP contribution in [0.3, 0.4) is 0 Å². The molecule has 0 saturated carbocycles. The Balaban J connectivity index is 3.41. The summed E-state index contributed by atoms with van der Waals surface area (Å²) < 4.78 is 0. The van der Waals surface area contributed by atoms with Gasteiger partial charge in [0, 0.05) is 0 Å². The number of oxime groups is 1. The van der Waals surface area contributed by atoms with Crippen LogP contribution in [0.2, 0.25) is 0 Å². The number of rotatable bonds is 6. The third-order valence-electron chi connectivity index (χ3n) is 1.57. The van der Waals surface area contributed by atoms with Crippen LogP contribution in [0.5, 0.6) is 0 Å². The summed E-state index contributed by atoms with van der Waals surface area (Å²) in [4.78, 5) is 4.62. The lowest BCUT2D eigenvalue weighted by Gasteiger charge is -1.92. The van der Waals surface area contributed by atoms with Gasteiger partial charge < -0.3 is 4.84 Å². The fourth-order valence-corrected chi connectivity index (χ4v) is 0.940. The third-order valence-corrected chi connectivity index (χ3v) is 1.57. The first-order valence-electron chi connectivity index (χ1n) is 4.55. The molecule has 0 rings (SSSR count). The van der Waals surface area contributed by atoms with E-state index in [9.17, 15) is 0 Å². The fraction of sp³-hybridized carbons (Fsp3) is 0.700. The molecule has 0 N–H and O–H groups in total. The van der Waals surface area contributed by atoms with Crippen molar-refractivity contribution < 1.29 is 4.84 Å². The molecule has 0 fully saturated rings. The zero-order valence-electron chi connectivity index (χ0n) is 8.34. The summed E-state index contributed by atoms with van der Waals surface area (Å²) in [6.07, 6.45) is 9.15. The summed E-state index contributed by atoms with van der Waals surface area (Å²) in [6.45, 7) is 4.14. The Morgan fingerprint density at radius 1 is 1.42 bits per heavy atom. The van der Waals surface area contributed by atoms with E-state index < -0.39 is 0 Å². The quantitative estimate of drug-likeness (QED) is 0.340. The summed E-state index contributed by atoms with van der Waals surface area (Å²) in [5, 5.41) is 3.77. The molecule has 2 heteroatoms. The minimum Gasteiger partial charge on any atom is -0.399 e. The van der Waals surface area contributed by atoms with Gasteiger partial charge in [-0.25, -0.2) is 0 Å². The first-order valence-corrected chi connectivity index (χ1v) is 4.55.